The molecule has 0 radical (unpaired) electrons. The zero-order valence-corrected chi connectivity index (χ0v) is 13.4. The molecule has 0 aromatic heterocycles. The highest BCUT2D eigenvalue weighted by atomic mass is 19.4. The zero-order valence-electron chi connectivity index (χ0n) is 13.4. The van der Waals surface area contributed by atoms with Crippen LogP contribution in [-0.2, 0) is 6.18 Å². The number of nitrogens with one attached hydrogen (secondary N) is 4. The number of anilines is 1. The van der Waals surface area contributed by atoms with Gasteiger partial charge in [0.05, 0.1) is 5.56 Å². The summed E-state index contributed by atoms with van der Waals surface area (Å²) in [5.74, 6) is 5.02. The molecule has 0 spiro atoms. The lowest BCUT2D eigenvalue weighted by Gasteiger charge is -2.17. The van der Waals surface area contributed by atoms with Crippen LogP contribution < -0.4 is 27.7 Å². The third-order valence-electron chi connectivity index (χ3n) is 3.29. The SMILES string of the molecule is N=NN/C(=N/C(N)Nc1ccc(-c2ccccc2)c(C(F)(F)F)c1)NN. The standard InChI is InChI=1S/C15H17F3N8/c16-15(17,18)12-8-10(22-13(19)23-14(24-20)25-26-21)6-7-11(12)9-4-2-1-3-5-9/h1-8,13,22H,19-20H2,(H3,21,23,24,25). The lowest BCUT2D eigenvalue weighted by Crippen LogP contribution is -2.42. The summed E-state index contributed by atoms with van der Waals surface area (Å²) in [7, 11) is 0. The molecule has 0 fully saturated rings. The van der Waals surface area contributed by atoms with E-state index in [1.165, 1.54) is 12.1 Å². The van der Waals surface area contributed by atoms with Gasteiger partial charge in [-0.15, -0.1) is 0 Å². The zero-order chi connectivity index (χ0) is 19.2. The van der Waals surface area contributed by atoms with Gasteiger partial charge in [-0.05, 0) is 23.3 Å². The molecule has 2 rings (SSSR count). The van der Waals surface area contributed by atoms with Crippen molar-refractivity contribution in [1.82, 2.24) is 10.9 Å². The summed E-state index contributed by atoms with van der Waals surface area (Å²) in [6, 6.07) is 12.0. The Kier molecular flexibility index (Phi) is 6.09. The maximum absolute atomic E-state index is 13.5. The first-order valence-electron chi connectivity index (χ1n) is 7.31. The van der Waals surface area contributed by atoms with Crippen LogP contribution in [0.3, 0.4) is 0 Å². The minimum absolute atomic E-state index is 0.0553. The highest BCUT2D eigenvalue weighted by Crippen LogP contribution is 2.38. The van der Waals surface area contributed by atoms with Gasteiger partial charge < -0.3 is 5.32 Å². The van der Waals surface area contributed by atoms with Crippen LogP contribution in [0.5, 0.6) is 0 Å². The molecule has 0 saturated heterocycles. The van der Waals surface area contributed by atoms with Gasteiger partial charge in [-0.2, -0.15) is 18.7 Å². The number of aliphatic imine (C=N–C) groups is 1. The van der Waals surface area contributed by atoms with E-state index in [9.17, 15) is 13.2 Å². The molecule has 0 aliphatic heterocycles. The van der Waals surface area contributed by atoms with E-state index in [2.05, 4.69) is 26.4 Å². The molecule has 1 unspecified atom stereocenters. The van der Waals surface area contributed by atoms with E-state index >= 15 is 0 Å². The molecule has 8 N–H and O–H groups in total. The van der Waals surface area contributed by atoms with Crippen LogP contribution in [-0.4, -0.2) is 12.2 Å². The number of guanidine groups is 1. The largest absolute Gasteiger partial charge is 0.417 e. The fourth-order valence-electron chi connectivity index (χ4n) is 2.23. The Morgan fingerprint density at radius 1 is 1.12 bits per heavy atom. The molecule has 26 heavy (non-hydrogen) atoms. The number of hydrazine groups is 1. The van der Waals surface area contributed by atoms with Crippen LogP contribution in [0.4, 0.5) is 18.9 Å². The smallest absolute Gasteiger partial charge is 0.352 e. The van der Waals surface area contributed by atoms with Crippen LogP contribution in [0.15, 0.2) is 58.7 Å². The lowest BCUT2D eigenvalue weighted by atomic mass is 9.98. The molecular formula is C15H17F3N8. The summed E-state index contributed by atoms with van der Waals surface area (Å²) >= 11 is 0. The van der Waals surface area contributed by atoms with Crippen LogP contribution >= 0.6 is 0 Å². The monoisotopic (exact) mass is 366 g/mol. The topological polar surface area (TPSA) is 137 Å². The Labute approximate surface area is 146 Å². The molecule has 0 amide bonds. The number of alkyl halides is 3. The molecule has 0 bridgehead atoms. The predicted molar refractivity (Wildman–Crippen MR) is 91.5 cm³/mol. The van der Waals surface area contributed by atoms with Gasteiger partial charge in [-0.1, -0.05) is 41.6 Å². The number of benzene rings is 2. The number of hydrogen-bond donors (Lipinski definition) is 6. The number of rotatable bonds is 5. The minimum atomic E-state index is -4.55. The van der Waals surface area contributed by atoms with Crippen molar-refractivity contribution in [2.24, 2.45) is 21.8 Å². The van der Waals surface area contributed by atoms with Gasteiger partial charge in [0, 0.05) is 5.69 Å². The molecule has 0 saturated carbocycles. The van der Waals surface area contributed by atoms with Crippen LogP contribution in [0.2, 0.25) is 0 Å². The first-order chi connectivity index (χ1) is 12.3. The fourth-order valence-corrected chi connectivity index (χ4v) is 2.23. The minimum Gasteiger partial charge on any atom is -0.352 e. The second-order valence-corrected chi connectivity index (χ2v) is 5.06. The number of hydrogen-bond acceptors (Lipinski definition) is 6. The van der Waals surface area contributed by atoms with Crippen molar-refractivity contribution in [3.8, 4) is 11.1 Å². The summed E-state index contributed by atoms with van der Waals surface area (Å²) < 4.78 is 40.4. The Morgan fingerprint density at radius 3 is 2.38 bits per heavy atom. The van der Waals surface area contributed by atoms with Gasteiger partial charge in [0.25, 0.3) is 0 Å². The van der Waals surface area contributed by atoms with Crippen molar-refractivity contribution in [2.45, 2.75) is 12.5 Å². The van der Waals surface area contributed by atoms with Gasteiger partial charge >= 0.3 is 6.18 Å². The Morgan fingerprint density at radius 2 is 1.81 bits per heavy atom. The molecule has 138 valence electrons. The molecule has 11 heteroatoms. The van der Waals surface area contributed by atoms with E-state index in [0.717, 1.165) is 6.07 Å². The van der Waals surface area contributed by atoms with Crippen molar-refractivity contribution >= 4 is 11.6 Å². The molecule has 2 aromatic rings. The van der Waals surface area contributed by atoms with Crippen molar-refractivity contribution in [3.63, 3.8) is 0 Å². The molecule has 1 atom stereocenters. The first kappa shape index (κ1) is 19.1. The normalized spacial score (nSPS) is 13.0. The van der Waals surface area contributed by atoms with Crippen LogP contribution in [0.25, 0.3) is 11.1 Å². The van der Waals surface area contributed by atoms with Crippen LogP contribution in [0.1, 0.15) is 5.56 Å². The Balaban J connectivity index is 2.33. The van der Waals surface area contributed by atoms with Crippen molar-refractivity contribution in [2.75, 3.05) is 5.32 Å². The van der Waals surface area contributed by atoms with Gasteiger partial charge in [0.15, 0.2) is 6.29 Å². The van der Waals surface area contributed by atoms with Gasteiger partial charge in [-0.25, -0.2) is 16.3 Å². The van der Waals surface area contributed by atoms with E-state index in [0.29, 0.717) is 5.56 Å². The Bertz CT molecular complexity index is 776. The molecule has 0 heterocycles. The summed E-state index contributed by atoms with van der Waals surface area (Å²) in [5.41, 5.74) is 16.4. The van der Waals surface area contributed by atoms with E-state index in [-0.39, 0.29) is 17.2 Å². The van der Waals surface area contributed by atoms with Crippen molar-refractivity contribution in [1.29, 1.82) is 5.53 Å². The number of nitrogens with zero attached hydrogens (tertiary/aromatic N) is 2. The maximum atomic E-state index is 13.5. The quantitative estimate of drug-likeness (QED) is 0.121. The van der Waals surface area contributed by atoms with Crippen LogP contribution in [0, 0.1) is 5.53 Å². The average Bonchev–Trinajstić information content (AvgIpc) is 2.61. The highest BCUT2D eigenvalue weighted by Gasteiger charge is 2.34. The van der Waals surface area contributed by atoms with Crippen molar-refractivity contribution < 1.29 is 13.2 Å². The average molecular weight is 366 g/mol. The fraction of sp³-hybridized carbons (Fsp3) is 0.133. The maximum Gasteiger partial charge on any atom is 0.417 e. The third kappa shape index (κ3) is 4.91. The van der Waals surface area contributed by atoms with E-state index in [1.54, 1.807) is 30.3 Å². The lowest BCUT2D eigenvalue weighted by molar-refractivity contribution is -0.137. The second-order valence-electron chi connectivity index (χ2n) is 5.06. The molecule has 2 aromatic carbocycles. The molecular weight excluding hydrogens is 349 g/mol. The molecule has 0 aliphatic carbocycles. The Hall–Kier alpha value is -3.18. The number of nitrogens with two attached hydrogens (primary N) is 2. The summed E-state index contributed by atoms with van der Waals surface area (Å²) in [6.45, 7) is 0. The number of halogens is 3. The molecule has 0 aliphatic rings. The van der Waals surface area contributed by atoms with Gasteiger partial charge in [0.2, 0.25) is 5.96 Å². The van der Waals surface area contributed by atoms with E-state index in [4.69, 9.17) is 17.1 Å². The van der Waals surface area contributed by atoms with Crippen molar-refractivity contribution in [3.05, 3.63) is 54.1 Å². The van der Waals surface area contributed by atoms with Gasteiger partial charge in [-0.3, -0.25) is 11.2 Å². The predicted octanol–water partition coefficient (Wildman–Crippen LogP) is 2.38. The second kappa shape index (κ2) is 8.27. The highest BCUT2D eigenvalue weighted by molar-refractivity contribution is 5.79. The first-order valence-corrected chi connectivity index (χ1v) is 7.31. The van der Waals surface area contributed by atoms with E-state index in [1.807, 2.05) is 0 Å². The third-order valence-corrected chi connectivity index (χ3v) is 3.29. The van der Waals surface area contributed by atoms with E-state index < -0.39 is 18.0 Å². The summed E-state index contributed by atoms with van der Waals surface area (Å²) in [4.78, 5) is 3.79. The summed E-state index contributed by atoms with van der Waals surface area (Å²) in [6.07, 6.45) is -5.68. The van der Waals surface area contributed by atoms with Gasteiger partial charge in [0.1, 0.15) is 0 Å². The molecule has 8 nitrogen and oxygen atoms in total. The summed E-state index contributed by atoms with van der Waals surface area (Å²) in [5, 5.41) is 5.46.